The molecule has 2 amide bonds. The standard InChI is InChI=1S/C14H18N2O4/c1-9-4-6-16(7-5-9)14(20)15-10-2-3-11(13(18)19)12(17)8-10/h2-3,8-9,17H,4-7H2,1H3,(H,15,20)(H,18,19). The summed E-state index contributed by atoms with van der Waals surface area (Å²) in [5.41, 5.74) is 0.200. The highest BCUT2D eigenvalue weighted by atomic mass is 16.4. The fourth-order valence-electron chi connectivity index (χ4n) is 2.20. The summed E-state index contributed by atoms with van der Waals surface area (Å²) in [5.74, 6) is -0.925. The lowest BCUT2D eigenvalue weighted by atomic mass is 10.00. The minimum Gasteiger partial charge on any atom is -0.507 e. The molecule has 20 heavy (non-hydrogen) atoms. The number of nitrogens with zero attached hydrogens (tertiary/aromatic N) is 1. The Labute approximate surface area is 117 Å². The molecule has 1 aliphatic heterocycles. The second-order valence-electron chi connectivity index (χ2n) is 5.14. The molecule has 0 saturated carbocycles. The van der Waals surface area contributed by atoms with Gasteiger partial charge < -0.3 is 20.4 Å². The number of aromatic hydroxyl groups is 1. The zero-order valence-electron chi connectivity index (χ0n) is 11.3. The number of anilines is 1. The fraction of sp³-hybridized carbons (Fsp3) is 0.429. The molecule has 108 valence electrons. The molecule has 6 heteroatoms. The number of likely N-dealkylation sites (tertiary alicyclic amines) is 1. The largest absolute Gasteiger partial charge is 0.507 e. The molecule has 0 aromatic heterocycles. The second kappa shape index (κ2) is 5.81. The van der Waals surface area contributed by atoms with E-state index in [1.54, 1.807) is 4.90 Å². The van der Waals surface area contributed by atoms with Crippen LogP contribution >= 0.6 is 0 Å². The predicted octanol–water partition coefficient (Wildman–Crippen LogP) is 2.35. The maximum absolute atomic E-state index is 12.0. The van der Waals surface area contributed by atoms with Crippen LogP contribution in [0.4, 0.5) is 10.5 Å². The van der Waals surface area contributed by atoms with Crippen LogP contribution in [0, 0.1) is 5.92 Å². The SMILES string of the molecule is CC1CCN(C(=O)Nc2ccc(C(=O)O)c(O)c2)CC1. The number of hydrogen-bond acceptors (Lipinski definition) is 3. The van der Waals surface area contributed by atoms with Crippen molar-refractivity contribution >= 4 is 17.7 Å². The fourth-order valence-corrected chi connectivity index (χ4v) is 2.20. The Morgan fingerprint density at radius 3 is 2.50 bits per heavy atom. The Bertz CT molecular complexity index is 522. The molecule has 1 fully saturated rings. The van der Waals surface area contributed by atoms with Gasteiger partial charge in [-0.15, -0.1) is 0 Å². The van der Waals surface area contributed by atoms with E-state index in [0.29, 0.717) is 24.7 Å². The van der Waals surface area contributed by atoms with E-state index in [1.807, 2.05) is 0 Å². The van der Waals surface area contributed by atoms with Gasteiger partial charge >= 0.3 is 12.0 Å². The van der Waals surface area contributed by atoms with E-state index >= 15 is 0 Å². The van der Waals surface area contributed by atoms with Gasteiger partial charge in [-0.25, -0.2) is 9.59 Å². The second-order valence-corrected chi connectivity index (χ2v) is 5.14. The molecule has 1 saturated heterocycles. The molecular weight excluding hydrogens is 260 g/mol. The normalized spacial score (nSPS) is 15.9. The Hall–Kier alpha value is -2.24. The van der Waals surface area contributed by atoms with E-state index < -0.39 is 5.97 Å². The Morgan fingerprint density at radius 1 is 1.30 bits per heavy atom. The van der Waals surface area contributed by atoms with Crippen molar-refractivity contribution in [3.63, 3.8) is 0 Å². The third-order valence-electron chi connectivity index (χ3n) is 3.55. The molecular formula is C14H18N2O4. The number of amides is 2. The number of rotatable bonds is 2. The molecule has 0 spiro atoms. The van der Waals surface area contributed by atoms with E-state index in [9.17, 15) is 14.7 Å². The summed E-state index contributed by atoms with van der Waals surface area (Å²) in [6, 6.07) is 3.76. The van der Waals surface area contributed by atoms with Crippen LogP contribution in [0.2, 0.25) is 0 Å². The molecule has 1 aromatic rings. The number of benzene rings is 1. The molecule has 0 atom stereocenters. The van der Waals surface area contributed by atoms with Gasteiger partial charge in [0.25, 0.3) is 0 Å². The number of urea groups is 1. The summed E-state index contributed by atoms with van der Waals surface area (Å²) in [4.78, 5) is 24.5. The first-order valence-corrected chi connectivity index (χ1v) is 6.59. The van der Waals surface area contributed by atoms with Gasteiger partial charge in [-0.05, 0) is 30.9 Å². The topological polar surface area (TPSA) is 89.9 Å². The summed E-state index contributed by atoms with van der Waals surface area (Å²) < 4.78 is 0. The molecule has 6 nitrogen and oxygen atoms in total. The summed E-state index contributed by atoms with van der Waals surface area (Å²) in [5, 5.41) is 21.1. The number of carbonyl (C=O) groups is 2. The summed E-state index contributed by atoms with van der Waals surface area (Å²) >= 11 is 0. The lowest BCUT2D eigenvalue weighted by molar-refractivity contribution is 0.0694. The van der Waals surface area contributed by atoms with Crippen molar-refractivity contribution in [2.45, 2.75) is 19.8 Å². The Kier molecular flexibility index (Phi) is 4.12. The van der Waals surface area contributed by atoms with Crippen LogP contribution in [0.15, 0.2) is 18.2 Å². The van der Waals surface area contributed by atoms with E-state index in [-0.39, 0.29) is 17.3 Å². The lowest BCUT2D eigenvalue weighted by Gasteiger charge is -2.30. The summed E-state index contributed by atoms with van der Waals surface area (Å²) in [6.07, 6.45) is 1.97. The van der Waals surface area contributed by atoms with Crippen molar-refractivity contribution in [2.24, 2.45) is 5.92 Å². The molecule has 3 N–H and O–H groups in total. The monoisotopic (exact) mass is 278 g/mol. The average molecular weight is 278 g/mol. The smallest absolute Gasteiger partial charge is 0.339 e. The van der Waals surface area contributed by atoms with Crippen LogP contribution in [0.5, 0.6) is 5.75 Å². The van der Waals surface area contributed by atoms with Gasteiger partial charge in [-0.3, -0.25) is 0 Å². The third kappa shape index (κ3) is 3.20. The van der Waals surface area contributed by atoms with Crippen molar-refractivity contribution in [1.82, 2.24) is 4.90 Å². The number of phenols is 1. The Balaban J connectivity index is 2.01. The van der Waals surface area contributed by atoms with Gasteiger partial charge in [0.15, 0.2) is 0 Å². The van der Waals surface area contributed by atoms with E-state index in [1.165, 1.54) is 18.2 Å². The Morgan fingerprint density at radius 2 is 1.95 bits per heavy atom. The number of carboxylic acid groups (broad SMARTS) is 1. The summed E-state index contributed by atoms with van der Waals surface area (Å²) in [6.45, 7) is 3.59. The molecule has 0 bridgehead atoms. The molecule has 1 aromatic carbocycles. The zero-order chi connectivity index (χ0) is 14.7. The summed E-state index contributed by atoms with van der Waals surface area (Å²) in [7, 11) is 0. The first kappa shape index (κ1) is 14.2. The van der Waals surface area contributed by atoms with Crippen LogP contribution in [-0.4, -0.2) is 40.2 Å². The van der Waals surface area contributed by atoms with E-state index in [4.69, 9.17) is 5.11 Å². The van der Waals surface area contributed by atoms with Crippen LogP contribution < -0.4 is 5.32 Å². The van der Waals surface area contributed by atoms with Crippen LogP contribution in [-0.2, 0) is 0 Å². The number of nitrogens with one attached hydrogen (secondary N) is 1. The molecule has 0 radical (unpaired) electrons. The van der Waals surface area contributed by atoms with Crippen LogP contribution in [0.1, 0.15) is 30.1 Å². The number of aromatic carboxylic acids is 1. The van der Waals surface area contributed by atoms with Gasteiger partial charge in [0.2, 0.25) is 0 Å². The van der Waals surface area contributed by atoms with Crippen molar-refractivity contribution in [1.29, 1.82) is 0 Å². The predicted molar refractivity (Wildman–Crippen MR) is 74.1 cm³/mol. The van der Waals surface area contributed by atoms with Gasteiger partial charge in [0, 0.05) is 24.8 Å². The van der Waals surface area contributed by atoms with Crippen molar-refractivity contribution < 1.29 is 19.8 Å². The molecule has 0 unspecified atom stereocenters. The van der Waals surface area contributed by atoms with Crippen LogP contribution in [0.25, 0.3) is 0 Å². The number of carbonyl (C=O) groups excluding carboxylic acids is 1. The third-order valence-corrected chi connectivity index (χ3v) is 3.55. The van der Waals surface area contributed by atoms with Crippen molar-refractivity contribution in [2.75, 3.05) is 18.4 Å². The minimum absolute atomic E-state index is 0.185. The molecule has 0 aliphatic carbocycles. The number of hydrogen-bond donors (Lipinski definition) is 3. The maximum atomic E-state index is 12.0. The zero-order valence-corrected chi connectivity index (χ0v) is 11.3. The molecule has 1 heterocycles. The van der Waals surface area contributed by atoms with Crippen molar-refractivity contribution in [3.05, 3.63) is 23.8 Å². The highest BCUT2D eigenvalue weighted by molar-refractivity contribution is 5.94. The average Bonchev–Trinajstić information content (AvgIpc) is 2.39. The van der Waals surface area contributed by atoms with Gasteiger partial charge in [0.05, 0.1) is 0 Å². The quantitative estimate of drug-likeness (QED) is 0.774. The van der Waals surface area contributed by atoms with Crippen molar-refractivity contribution in [3.8, 4) is 5.75 Å². The van der Waals surface area contributed by atoms with Gasteiger partial charge in [-0.1, -0.05) is 6.92 Å². The van der Waals surface area contributed by atoms with E-state index in [0.717, 1.165) is 12.8 Å². The molecule has 1 aliphatic rings. The first-order chi connectivity index (χ1) is 9.47. The lowest BCUT2D eigenvalue weighted by Crippen LogP contribution is -2.40. The van der Waals surface area contributed by atoms with Gasteiger partial charge in [0.1, 0.15) is 11.3 Å². The van der Waals surface area contributed by atoms with Gasteiger partial charge in [-0.2, -0.15) is 0 Å². The first-order valence-electron chi connectivity index (χ1n) is 6.59. The minimum atomic E-state index is -1.20. The highest BCUT2D eigenvalue weighted by Crippen LogP contribution is 2.23. The molecule has 2 rings (SSSR count). The van der Waals surface area contributed by atoms with Crippen LogP contribution in [0.3, 0.4) is 0 Å². The van der Waals surface area contributed by atoms with E-state index in [2.05, 4.69) is 12.2 Å². The number of piperidine rings is 1. The highest BCUT2D eigenvalue weighted by Gasteiger charge is 2.20. The maximum Gasteiger partial charge on any atom is 0.339 e. The number of carboxylic acids is 1.